The number of nitrogens with zero attached hydrogens (tertiary/aromatic N) is 2. The number of urea groups is 1. The van der Waals surface area contributed by atoms with Gasteiger partial charge in [0.15, 0.2) is 0 Å². The standard InChI is InChI=1S/C12H20N2O3/c1-3-8-4-5-9(15)6-10(8)14-11(16)7-13(2)12(14)17/h8-10,15H,3-7H2,1-2H3. The predicted octanol–water partition coefficient (Wildman–Crippen LogP) is 0.820. The minimum Gasteiger partial charge on any atom is -0.393 e. The molecule has 5 heteroatoms. The van der Waals surface area contributed by atoms with E-state index >= 15 is 0 Å². The Labute approximate surface area is 101 Å². The van der Waals surface area contributed by atoms with Crippen molar-refractivity contribution in [2.75, 3.05) is 13.6 Å². The van der Waals surface area contributed by atoms with Gasteiger partial charge in [0.1, 0.15) is 6.54 Å². The topological polar surface area (TPSA) is 60.9 Å². The van der Waals surface area contributed by atoms with Crippen LogP contribution in [0.15, 0.2) is 0 Å². The van der Waals surface area contributed by atoms with Crippen molar-refractivity contribution in [1.29, 1.82) is 0 Å². The first-order valence-electron chi connectivity index (χ1n) is 6.29. The molecule has 17 heavy (non-hydrogen) atoms. The van der Waals surface area contributed by atoms with E-state index in [9.17, 15) is 14.7 Å². The van der Waals surface area contributed by atoms with Crippen LogP contribution in [-0.2, 0) is 4.79 Å². The van der Waals surface area contributed by atoms with Gasteiger partial charge >= 0.3 is 6.03 Å². The van der Waals surface area contributed by atoms with E-state index in [1.54, 1.807) is 7.05 Å². The number of hydrogen-bond acceptors (Lipinski definition) is 3. The Hall–Kier alpha value is -1.10. The fourth-order valence-corrected chi connectivity index (χ4v) is 2.94. The summed E-state index contributed by atoms with van der Waals surface area (Å²) in [4.78, 5) is 26.6. The highest BCUT2D eigenvalue weighted by molar-refractivity contribution is 6.02. The lowest BCUT2D eigenvalue weighted by Gasteiger charge is -2.38. The lowest BCUT2D eigenvalue weighted by atomic mass is 9.80. The Morgan fingerprint density at radius 2 is 2.06 bits per heavy atom. The molecule has 1 saturated heterocycles. The summed E-state index contributed by atoms with van der Waals surface area (Å²) in [5, 5.41) is 9.73. The van der Waals surface area contributed by atoms with Crippen molar-refractivity contribution in [2.24, 2.45) is 5.92 Å². The molecule has 2 fully saturated rings. The van der Waals surface area contributed by atoms with Crippen LogP contribution in [0.4, 0.5) is 4.79 Å². The number of rotatable bonds is 2. The Balaban J connectivity index is 2.18. The van der Waals surface area contributed by atoms with Crippen molar-refractivity contribution in [3.8, 4) is 0 Å². The summed E-state index contributed by atoms with van der Waals surface area (Å²) < 4.78 is 0. The quantitative estimate of drug-likeness (QED) is 0.727. The average molecular weight is 240 g/mol. The molecule has 2 rings (SSSR count). The van der Waals surface area contributed by atoms with Gasteiger partial charge in [0.05, 0.1) is 6.10 Å². The van der Waals surface area contributed by atoms with Gasteiger partial charge in [0.25, 0.3) is 5.91 Å². The van der Waals surface area contributed by atoms with Gasteiger partial charge < -0.3 is 10.0 Å². The number of aliphatic hydroxyl groups excluding tert-OH is 1. The first-order chi connectivity index (χ1) is 8.04. The molecule has 3 atom stereocenters. The number of carbonyl (C=O) groups is 2. The molecule has 1 heterocycles. The van der Waals surface area contributed by atoms with Crippen LogP contribution in [0.5, 0.6) is 0 Å². The fraction of sp³-hybridized carbons (Fsp3) is 0.833. The molecule has 1 N–H and O–H groups in total. The number of hydrogen-bond donors (Lipinski definition) is 1. The van der Waals surface area contributed by atoms with E-state index in [1.165, 1.54) is 9.80 Å². The van der Waals surface area contributed by atoms with Crippen molar-refractivity contribution < 1.29 is 14.7 Å². The van der Waals surface area contributed by atoms with Crippen LogP contribution < -0.4 is 0 Å². The molecule has 0 aromatic heterocycles. The number of carbonyl (C=O) groups excluding carboxylic acids is 2. The van der Waals surface area contributed by atoms with Gasteiger partial charge in [-0.2, -0.15) is 0 Å². The van der Waals surface area contributed by atoms with Gasteiger partial charge in [-0.3, -0.25) is 9.69 Å². The molecule has 0 spiro atoms. The molecule has 5 nitrogen and oxygen atoms in total. The molecule has 2 aliphatic rings. The SMILES string of the molecule is CCC1CCC(O)CC1N1C(=O)CN(C)C1=O. The minimum absolute atomic E-state index is 0.117. The molecule has 3 amide bonds. The molecule has 3 unspecified atom stereocenters. The van der Waals surface area contributed by atoms with Crippen LogP contribution >= 0.6 is 0 Å². The van der Waals surface area contributed by atoms with Crippen LogP contribution in [0, 0.1) is 5.92 Å². The monoisotopic (exact) mass is 240 g/mol. The van der Waals surface area contributed by atoms with Crippen molar-refractivity contribution in [3.63, 3.8) is 0 Å². The number of likely N-dealkylation sites (N-methyl/N-ethyl adjacent to an activating group) is 1. The van der Waals surface area contributed by atoms with Gasteiger partial charge in [0.2, 0.25) is 0 Å². The molecule has 0 bridgehead atoms. The minimum atomic E-state index is -0.380. The number of amides is 3. The molecule has 0 radical (unpaired) electrons. The van der Waals surface area contributed by atoms with E-state index in [-0.39, 0.29) is 30.6 Å². The molecule has 96 valence electrons. The molecular weight excluding hydrogens is 220 g/mol. The van der Waals surface area contributed by atoms with E-state index in [1.807, 2.05) is 0 Å². The van der Waals surface area contributed by atoms with Crippen LogP contribution in [-0.4, -0.2) is 52.6 Å². The lowest BCUT2D eigenvalue weighted by Crippen LogP contribution is -2.48. The molecule has 1 saturated carbocycles. The second-order valence-corrected chi connectivity index (χ2v) is 5.10. The third-order valence-corrected chi connectivity index (χ3v) is 3.96. The maximum atomic E-state index is 11.9. The van der Waals surface area contributed by atoms with Gasteiger partial charge in [-0.25, -0.2) is 4.79 Å². The maximum absolute atomic E-state index is 11.9. The molecular formula is C12H20N2O3. The summed E-state index contributed by atoms with van der Waals surface area (Å²) in [6.07, 6.45) is 2.76. The van der Waals surface area contributed by atoms with Crippen LogP contribution in [0.2, 0.25) is 0 Å². The van der Waals surface area contributed by atoms with Gasteiger partial charge in [-0.15, -0.1) is 0 Å². The van der Waals surface area contributed by atoms with E-state index in [0.717, 1.165) is 19.3 Å². The van der Waals surface area contributed by atoms with E-state index in [0.29, 0.717) is 12.3 Å². The van der Waals surface area contributed by atoms with Crippen LogP contribution in [0.25, 0.3) is 0 Å². The van der Waals surface area contributed by atoms with Crippen molar-refractivity contribution in [2.45, 2.75) is 44.8 Å². The van der Waals surface area contributed by atoms with Crippen molar-refractivity contribution in [1.82, 2.24) is 9.80 Å². The van der Waals surface area contributed by atoms with Crippen LogP contribution in [0.1, 0.15) is 32.6 Å². The first-order valence-corrected chi connectivity index (χ1v) is 6.29. The number of imide groups is 1. The van der Waals surface area contributed by atoms with E-state index in [2.05, 4.69) is 6.92 Å². The van der Waals surface area contributed by atoms with Gasteiger partial charge in [-0.1, -0.05) is 13.3 Å². The third kappa shape index (κ3) is 2.16. The summed E-state index contributed by atoms with van der Waals surface area (Å²) in [5.41, 5.74) is 0. The number of aliphatic hydroxyl groups is 1. The highest BCUT2D eigenvalue weighted by atomic mass is 16.3. The van der Waals surface area contributed by atoms with E-state index in [4.69, 9.17) is 0 Å². The zero-order valence-electron chi connectivity index (χ0n) is 10.4. The second-order valence-electron chi connectivity index (χ2n) is 5.10. The Morgan fingerprint density at radius 1 is 1.35 bits per heavy atom. The Bertz CT molecular complexity index is 332. The molecule has 1 aliphatic carbocycles. The third-order valence-electron chi connectivity index (χ3n) is 3.96. The highest BCUT2D eigenvalue weighted by Crippen LogP contribution is 2.32. The fourth-order valence-electron chi connectivity index (χ4n) is 2.94. The summed E-state index contributed by atoms with van der Waals surface area (Å²) in [6, 6.07) is -0.332. The summed E-state index contributed by atoms with van der Waals surface area (Å²) in [5.74, 6) is 0.202. The summed E-state index contributed by atoms with van der Waals surface area (Å²) in [7, 11) is 1.64. The molecule has 0 aromatic carbocycles. The molecule has 1 aliphatic heterocycles. The van der Waals surface area contributed by atoms with Crippen LogP contribution in [0.3, 0.4) is 0 Å². The van der Waals surface area contributed by atoms with Gasteiger partial charge in [-0.05, 0) is 25.2 Å². The average Bonchev–Trinajstić information content (AvgIpc) is 2.53. The van der Waals surface area contributed by atoms with Gasteiger partial charge in [0, 0.05) is 13.1 Å². The normalized spacial score (nSPS) is 34.6. The van der Waals surface area contributed by atoms with Crippen molar-refractivity contribution in [3.05, 3.63) is 0 Å². The second kappa shape index (κ2) is 4.64. The zero-order chi connectivity index (χ0) is 12.6. The Morgan fingerprint density at radius 3 is 2.59 bits per heavy atom. The predicted molar refractivity (Wildman–Crippen MR) is 62.3 cm³/mol. The summed E-state index contributed by atoms with van der Waals surface area (Å²) in [6.45, 7) is 2.24. The smallest absolute Gasteiger partial charge is 0.327 e. The zero-order valence-corrected chi connectivity index (χ0v) is 10.4. The largest absolute Gasteiger partial charge is 0.393 e. The Kier molecular flexibility index (Phi) is 3.38. The summed E-state index contributed by atoms with van der Waals surface area (Å²) >= 11 is 0. The first kappa shape index (κ1) is 12.4. The van der Waals surface area contributed by atoms with Crippen molar-refractivity contribution >= 4 is 11.9 Å². The van der Waals surface area contributed by atoms with E-state index < -0.39 is 0 Å². The highest BCUT2D eigenvalue weighted by Gasteiger charge is 2.43. The molecule has 0 aromatic rings. The lowest BCUT2D eigenvalue weighted by molar-refractivity contribution is -0.128. The maximum Gasteiger partial charge on any atom is 0.327 e.